The lowest BCUT2D eigenvalue weighted by Gasteiger charge is -2.38. The Balaban J connectivity index is 1.79. The molecule has 0 aliphatic carbocycles. The summed E-state index contributed by atoms with van der Waals surface area (Å²) in [5.74, 6) is 0.302. The molecule has 2 fully saturated rings. The summed E-state index contributed by atoms with van der Waals surface area (Å²) in [7, 11) is 0. The standard InChI is InChI=1S/C15H28N2O2/c1-12(2)14(15(18)19)17-9-5-13(6-10-17)11-16-7-3-4-8-16/h12-14H,3-11H2,1-2H3,(H,18,19). The number of aliphatic carboxylic acids is 1. The van der Waals surface area contributed by atoms with E-state index < -0.39 is 5.97 Å². The van der Waals surface area contributed by atoms with Gasteiger partial charge in [0.1, 0.15) is 6.04 Å². The van der Waals surface area contributed by atoms with Crippen molar-refractivity contribution in [1.29, 1.82) is 0 Å². The maximum atomic E-state index is 11.4. The summed E-state index contributed by atoms with van der Waals surface area (Å²) in [6.07, 6.45) is 5.03. The topological polar surface area (TPSA) is 43.8 Å². The van der Waals surface area contributed by atoms with E-state index in [0.717, 1.165) is 31.8 Å². The molecule has 0 aromatic heterocycles. The van der Waals surface area contributed by atoms with Crippen molar-refractivity contribution in [1.82, 2.24) is 9.80 Å². The Morgan fingerprint density at radius 2 is 1.74 bits per heavy atom. The smallest absolute Gasteiger partial charge is 0.321 e. The third-order valence-corrected chi connectivity index (χ3v) is 4.64. The van der Waals surface area contributed by atoms with Gasteiger partial charge in [0.15, 0.2) is 0 Å². The molecule has 0 saturated carbocycles. The summed E-state index contributed by atoms with van der Waals surface area (Å²) < 4.78 is 0. The van der Waals surface area contributed by atoms with Crippen LogP contribution in [0.1, 0.15) is 39.5 Å². The van der Waals surface area contributed by atoms with Crippen LogP contribution in [0.3, 0.4) is 0 Å². The second-order valence-corrected chi connectivity index (χ2v) is 6.51. The minimum absolute atomic E-state index is 0.188. The molecule has 1 atom stereocenters. The summed E-state index contributed by atoms with van der Waals surface area (Å²) in [6, 6.07) is -0.298. The third-order valence-electron chi connectivity index (χ3n) is 4.64. The Labute approximate surface area is 116 Å². The summed E-state index contributed by atoms with van der Waals surface area (Å²) in [5.41, 5.74) is 0. The fraction of sp³-hybridized carbons (Fsp3) is 0.933. The van der Waals surface area contributed by atoms with Gasteiger partial charge in [-0.25, -0.2) is 0 Å². The van der Waals surface area contributed by atoms with Crippen LogP contribution in [0, 0.1) is 11.8 Å². The molecule has 110 valence electrons. The number of carboxylic acid groups (broad SMARTS) is 1. The number of carboxylic acids is 1. The van der Waals surface area contributed by atoms with Crippen LogP contribution in [-0.4, -0.2) is 59.6 Å². The van der Waals surface area contributed by atoms with Crippen molar-refractivity contribution in [3.05, 3.63) is 0 Å². The zero-order chi connectivity index (χ0) is 13.8. The van der Waals surface area contributed by atoms with Crippen LogP contribution in [0.15, 0.2) is 0 Å². The van der Waals surface area contributed by atoms with Crippen molar-refractivity contribution >= 4 is 5.97 Å². The van der Waals surface area contributed by atoms with Crippen LogP contribution in [0.2, 0.25) is 0 Å². The van der Waals surface area contributed by atoms with Crippen LogP contribution < -0.4 is 0 Å². The lowest BCUT2D eigenvalue weighted by molar-refractivity contribution is -0.145. The maximum Gasteiger partial charge on any atom is 0.321 e. The molecule has 0 bridgehead atoms. The molecule has 0 aromatic rings. The number of hydrogen-bond donors (Lipinski definition) is 1. The Hall–Kier alpha value is -0.610. The zero-order valence-corrected chi connectivity index (χ0v) is 12.3. The molecule has 2 aliphatic rings. The van der Waals surface area contributed by atoms with Gasteiger partial charge in [-0.2, -0.15) is 0 Å². The number of carbonyl (C=O) groups is 1. The third kappa shape index (κ3) is 3.93. The van der Waals surface area contributed by atoms with Crippen molar-refractivity contribution < 1.29 is 9.90 Å². The predicted octanol–water partition coefficient (Wildman–Crippen LogP) is 1.90. The molecule has 0 radical (unpaired) electrons. The van der Waals surface area contributed by atoms with Crippen molar-refractivity contribution in [2.45, 2.75) is 45.6 Å². The van der Waals surface area contributed by atoms with E-state index in [2.05, 4.69) is 9.80 Å². The predicted molar refractivity (Wildman–Crippen MR) is 76.2 cm³/mol. The van der Waals surface area contributed by atoms with E-state index in [0.29, 0.717) is 0 Å². The molecular weight excluding hydrogens is 240 g/mol. The first-order valence-electron chi connectivity index (χ1n) is 7.77. The molecular formula is C15H28N2O2. The Kier molecular flexibility index (Phi) is 5.22. The molecule has 2 saturated heterocycles. The molecule has 2 heterocycles. The monoisotopic (exact) mass is 268 g/mol. The lowest BCUT2D eigenvalue weighted by atomic mass is 9.93. The van der Waals surface area contributed by atoms with Crippen LogP contribution in [0.4, 0.5) is 0 Å². The number of hydrogen-bond acceptors (Lipinski definition) is 3. The SMILES string of the molecule is CC(C)C(C(=O)O)N1CCC(CN2CCCC2)CC1. The first-order chi connectivity index (χ1) is 9.08. The van der Waals surface area contributed by atoms with Gasteiger partial charge in [0.05, 0.1) is 0 Å². The molecule has 4 heteroatoms. The largest absolute Gasteiger partial charge is 0.480 e. The van der Waals surface area contributed by atoms with Gasteiger partial charge in [-0.3, -0.25) is 9.69 Å². The van der Waals surface area contributed by atoms with E-state index >= 15 is 0 Å². The van der Waals surface area contributed by atoms with Crippen molar-refractivity contribution in [3.8, 4) is 0 Å². The summed E-state index contributed by atoms with van der Waals surface area (Å²) in [4.78, 5) is 16.1. The van der Waals surface area contributed by atoms with Crippen molar-refractivity contribution in [2.75, 3.05) is 32.7 Å². The Morgan fingerprint density at radius 1 is 1.16 bits per heavy atom. The molecule has 1 unspecified atom stereocenters. The van der Waals surface area contributed by atoms with Gasteiger partial charge in [-0.1, -0.05) is 13.8 Å². The summed E-state index contributed by atoms with van der Waals surface area (Å²) >= 11 is 0. The van der Waals surface area contributed by atoms with Crippen LogP contribution >= 0.6 is 0 Å². The van der Waals surface area contributed by atoms with Gasteiger partial charge in [0, 0.05) is 6.54 Å². The second-order valence-electron chi connectivity index (χ2n) is 6.51. The van der Waals surface area contributed by atoms with Gasteiger partial charge in [0.25, 0.3) is 0 Å². The minimum atomic E-state index is -0.659. The van der Waals surface area contributed by atoms with E-state index in [1.54, 1.807) is 0 Å². The highest BCUT2D eigenvalue weighted by atomic mass is 16.4. The minimum Gasteiger partial charge on any atom is -0.480 e. The average Bonchev–Trinajstić information content (AvgIpc) is 2.83. The lowest BCUT2D eigenvalue weighted by Crippen LogP contribution is -2.49. The molecule has 4 nitrogen and oxygen atoms in total. The Morgan fingerprint density at radius 3 is 2.21 bits per heavy atom. The van der Waals surface area contributed by atoms with Gasteiger partial charge in [-0.15, -0.1) is 0 Å². The second kappa shape index (κ2) is 6.71. The van der Waals surface area contributed by atoms with E-state index in [-0.39, 0.29) is 12.0 Å². The van der Waals surface area contributed by atoms with Crippen LogP contribution in [0.25, 0.3) is 0 Å². The quantitative estimate of drug-likeness (QED) is 0.827. The highest BCUT2D eigenvalue weighted by Crippen LogP contribution is 2.24. The van der Waals surface area contributed by atoms with Gasteiger partial charge < -0.3 is 10.0 Å². The average molecular weight is 268 g/mol. The highest BCUT2D eigenvalue weighted by Gasteiger charge is 2.32. The number of likely N-dealkylation sites (tertiary alicyclic amines) is 2. The van der Waals surface area contributed by atoms with E-state index in [1.807, 2.05) is 13.8 Å². The molecule has 0 spiro atoms. The molecule has 0 aromatic carbocycles. The highest BCUT2D eigenvalue weighted by molar-refractivity contribution is 5.73. The zero-order valence-electron chi connectivity index (χ0n) is 12.3. The number of nitrogens with zero attached hydrogens (tertiary/aromatic N) is 2. The first-order valence-corrected chi connectivity index (χ1v) is 7.77. The number of piperidine rings is 1. The van der Waals surface area contributed by atoms with Gasteiger partial charge in [0.2, 0.25) is 0 Å². The van der Waals surface area contributed by atoms with E-state index in [1.165, 1.54) is 32.5 Å². The fourth-order valence-corrected chi connectivity index (χ4v) is 3.61. The van der Waals surface area contributed by atoms with Crippen LogP contribution in [0.5, 0.6) is 0 Å². The molecule has 19 heavy (non-hydrogen) atoms. The Bertz CT molecular complexity index is 293. The van der Waals surface area contributed by atoms with Crippen molar-refractivity contribution in [3.63, 3.8) is 0 Å². The number of rotatable bonds is 5. The molecule has 0 amide bonds. The van der Waals surface area contributed by atoms with Crippen molar-refractivity contribution in [2.24, 2.45) is 11.8 Å². The van der Waals surface area contributed by atoms with Gasteiger partial charge >= 0.3 is 5.97 Å². The van der Waals surface area contributed by atoms with Crippen LogP contribution in [-0.2, 0) is 4.79 Å². The maximum absolute atomic E-state index is 11.4. The van der Waals surface area contributed by atoms with E-state index in [9.17, 15) is 9.90 Å². The first kappa shape index (κ1) is 14.8. The van der Waals surface area contributed by atoms with Gasteiger partial charge in [-0.05, 0) is 63.7 Å². The summed E-state index contributed by atoms with van der Waals surface area (Å²) in [6.45, 7) is 9.69. The molecule has 1 N–H and O–H groups in total. The van der Waals surface area contributed by atoms with E-state index in [4.69, 9.17) is 0 Å². The fourth-order valence-electron chi connectivity index (χ4n) is 3.61. The molecule has 2 rings (SSSR count). The summed E-state index contributed by atoms with van der Waals surface area (Å²) in [5, 5.41) is 9.34. The normalized spacial score (nSPS) is 25.0. The molecule has 2 aliphatic heterocycles.